The minimum atomic E-state index is -0.0749. The van der Waals surface area contributed by atoms with Crippen molar-refractivity contribution in [2.75, 3.05) is 13.1 Å². The lowest BCUT2D eigenvalue weighted by Gasteiger charge is -2.45. The summed E-state index contributed by atoms with van der Waals surface area (Å²) in [4.78, 5) is 29.9. The maximum Gasteiger partial charge on any atom is 0.270 e. The first-order valence-electron chi connectivity index (χ1n) is 9.66. The van der Waals surface area contributed by atoms with Gasteiger partial charge < -0.3 is 20.9 Å². The van der Waals surface area contributed by atoms with Gasteiger partial charge in [-0.15, -0.1) is 0 Å². The molecule has 2 saturated carbocycles. The van der Waals surface area contributed by atoms with Crippen LogP contribution in [0.15, 0.2) is 12.3 Å². The predicted octanol–water partition coefficient (Wildman–Crippen LogP) is 1.89. The van der Waals surface area contributed by atoms with Gasteiger partial charge in [0.2, 0.25) is 0 Å². The molecule has 1 aliphatic heterocycles. The molecule has 136 valence electrons. The molecule has 6 nitrogen and oxygen atoms in total. The predicted molar refractivity (Wildman–Crippen MR) is 95.2 cm³/mol. The van der Waals surface area contributed by atoms with Crippen LogP contribution in [0, 0.1) is 11.8 Å². The molecular formula is C19H28N4O2. The second-order valence-corrected chi connectivity index (χ2v) is 7.98. The van der Waals surface area contributed by atoms with Gasteiger partial charge in [0.25, 0.3) is 11.8 Å². The fourth-order valence-corrected chi connectivity index (χ4v) is 5.00. The van der Waals surface area contributed by atoms with Gasteiger partial charge in [-0.1, -0.05) is 6.42 Å². The smallest absolute Gasteiger partial charge is 0.270 e. The number of H-pyrrole nitrogens is 1. The monoisotopic (exact) mass is 344 g/mol. The summed E-state index contributed by atoms with van der Waals surface area (Å²) in [6.07, 6.45) is 9.34. The van der Waals surface area contributed by atoms with Crippen LogP contribution in [0.3, 0.4) is 0 Å². The molecule has 2 amide bonds. The first-order valence-corrected chi connectivity index (χ1v) is 9.66. The maximum absolute atomic E-state index is 12.7. The molecule has 2 heterocycles. The molecule has 6 heteroatoms. The Bertz CT molecular complexity index is 636. The van der Waals surface area contributed by atoms with Crippen LogP contribution in [0.5, 0.6) is 0 Å². The molecule has 1 aromatic heterocycles. The largest absolute Gasteiger partial charge is 0.356 e. The fourth-order valence-electron chi connectivity index (χ4n) is 5.00. The number of hydrogen-bond acceptors (Lipinski definition) is 3. The van der Waals surface area contributed by atoms with Crippen molar-refractivity contribution in [3.05, 3.63) is 23.5 Å². The molecule has 0 aromatic carbocycles. The molecule has 0 spiro atoms. The third-order valence-electron chi connectivity index (χ3n) is 6.24. The van der Waals surface area contributed by atoms with E-state index in [0.29, 0.717) is 23.1 Å². The van der Waals surface area contributed by atoms with Crippen molar-refractivity contribution in [3.63, 3.8) is 0 Å². The topological polar surface area (TPSA) is 91.2 Å². The Kier molecular flexibility index (Phi) is 4.54. The van der Waals surface area contributed by atoms with Crippen LogP contribution in [0.4, 0.5) is 0 Å². The number of fused-ring (bicyclic) bond motifs is 2. The lowest BCUT2D eigenvalue weighted by molar-refractivity contribution is 0.0756. The Morgan fingerprint density at radius 3 is 2.48 bits per heavy atom. The average molecular weight is 344 g/mol. The van der Waals surface area contributed by atoms with Crippen LogP contribution >= 0.6 is 0 Å². The van der Waals surface area contributed by atoms with E-state index in [2.05, 4.69) is 10.3 Å². The van der Waals surface area contributed by atoms with Crippen molar-refractivity contribution in [1.82, 2.24) is 15.2 Å². The normalized spacial score (nSPS) is 31.8. The molecule has 1 saturated heterocycles. The third kappa shape index (κ3) is 3.32. The van der Waals surface area contributed by atoms with E-state index in [-0.39, 0.29) is 23.9 Å². The van der Waals surface area contributed by atoms with Gasteiger partial charge in [-0.2, -0.15) is 0 Å². The molecular weight excluding hydrogens is 316 g/mol. The van der Waals surface area contributed by atoms with E-state index in [1.54, 1.807) is 12.3 Å². The Morgan fingerprint density at radius 2 is 1.80 bits per heavy atom. The van der Waals surface area contributed by atoms with Gasteiger partial charge in [0.15, 0.2) is 0 Å². The molecule has 0 radical (unpaired) electrons. The standard InChI is InChI=1S/C19H28N4O2/c20-15-8-12-4-3-5-13(9-15)17(12)22-18(24)14-10-16(21-11-14)19(25)23-6-1-2-7-23/h10-13,15,17,21H,1-9,20H2,(H,22,24). The summed E-state index contributed by atoms with van der Waals surface area (Å²) in [5.74, 6) is 0.915. The summed E-state index contributed by atoms with van der Waals surface area (Å²) >= 11 is 0. The number of nitrogens with zero attached hydrogens (tertiary/aromatic N) is 1. The summed E-state index contributed by atoms with van der Waals surface area (Å²) in [6, 6.07) is 2.20. The summed E-state index contributed by atoms with van der Waals surface area (Å²) in [5, 5.41) is 3.24. The number of amides is 2. The maximum atomic E-state index is 12.7. The number of hydrogen-bond donors (Lipinski definition) is 3. The summed E-state index contributed by atoms with van der Waals surface area (Å²) in [6.45, 7) is 1.62. The third-order valence-corrected chi connectivity index (χ3v) is 6.24. The van der Waals surface area contributed by atoms with Crippen LogP contribution in [0.2, 0.25) is 0 Å². The van der Waals surface area contributed by atoms with Gasteiger partial charge in [0.05, 0.1) is 5.56 Å². The minimum absolute atomic E-state index is 0.00272. The van der Waals surface area contributed by atoms with E-state index < -0.39 is 0 Å². The highest BCUT2D eigenvalue weighted by Crippen LogP contribution is 2.39. The van der Waals surface area contributed by atoms with Gasteiger partial charge in [-0.3, -0.25) is 9.59 Å². The van der Waals surface area contributed by atoms with Crippen LogP contribution in [-0.4, -0.2) is 46.9 Å². The Hall–Kier alpha value is -1.82. The molecule has 2 bridgehead atoms. The van der Waals surface area contributed by atoms with Crippen LogP contribution in [0.25, 0.3) is 0 Å². The summed E-state index contributed by atoms with van der Waals surface area (Å²) in [7, 11) is 0. The number of nitrogens with one attached hydrogen (secondary N) is 2. The van der Waals surface area contributed by atoms with Gasteiger partial charge in [0.1, 0.15) is 5.69 Å². The highest BCUT2D eigenvalue weighted by Gasteiger charge is 2.40. The Morgan fingerprint density at radius 1 is 1.12 bits per heavy atom. The number of nitrogens with two attached hydrogens (primary N) is 1. The van der Waals surface area contributed by atoms with E-state index in [9.17, 15) is 9.59 Å². The number of likely N-dealkylation sites (tertiary alicyclic amines) is 1. The van der Waals surface area contributed by atoms with Crippen molar-refractivity contribution in [3.8, 4) is 0 Å². The molecule has 3 aliphatic rings. The van der Waals surface area contributed by atoms with Crippen molar-refractivity contribution in [1.29, 1.82) is 0 Å². The van der Waals surface area contributed by atoms with E-state index in [0.717, 1.165) is 51.6 Å². The second kappa shape index (κ2) is 6.83. The van der Waals surface area contributed by atoms with Gasteiger partial charge in [-0.25, -0.2) is 0 Å². The fraction of sp³-hybridized carbons (Fsp3) is 0.684. The van der Waals surface area contributed by atoms with E-state index in [4.69, 9.17) is 5.73 Å². The van der Waals surface area contributed by atoms with Gasteiger partial charge in [0, 0.05) is 31.4 Å². The molecule has 4 rings (SSSR count). The SMILES string of the molecule is NC1CC2CCCC(C1)C2NC(=O)c1c[nH]c(C(=O)N2CCCC2)c1. The average Bonchev–Trinajstić information content (AvgIpc) is 3.27. The first-order chi connectivity index (χ1) is 12.1. The van der Waals surface area contributed by atoms with Gasteiger partial charge >= 0.3 is 0 Å². The number of rotatable bonds is 3. The van der Waals surface area contributed by atoms with Gasteiger partial charge in [-0.05, 0) is 56.4 Å². The summed E-state index contributed by atoms with van der Waals surface area (Å²) in [5.41, 5.74) is 7.23. The zero-order valence-corrected chi connectivity index (χ0v) is 14.7. The number of aromatic amines is 1. The lowest BCUT2D eigenvalue weighted by Crippen LogP contribution is -2.53. The molecule has 2 unspecified atom stereocenters. The number of carbonyl (C=O) groups is 2. The Balaban J connectivity index is 1.42. The number of aromatic nitrogens is 1. The zero-order valence-electron chi connectivity index (χ0n) is 14.7. The highest BCUT2D eigenvalue weighted by atomic mass is 16.2. The number of carbonyl (C=O) groups excluding carboxylic acids is 2. The van der Waals surface area contributed by atoms with Crippen molar-refractivity contribution in [2.45, 2.75) is 57.0 Å². The quantitative estimate of drug-likeness (QED) is 0.782. The first kappa shape index (κ1) is 16.6. The minimum Gasteiger partial charge on any atom is -0.356 e. The lowest BCUT2D eigenvalue weighted by atomic mass is 9.67. The van der Waals surface area contributed by atoms with E-state index in [1.165, 1.54) is 6.42 Å². The van der Waals surface area contributed by atoms with Crippen molar-refractivity contribution in [2.24, 2.45) is 17.6 Å². The van der Waals surface area contributed by atoms with Crippen LogP contribution in [-0.2, 0) is 0 Å². The van der Waals surface area contributed by atoms with E-state index in [1.807, 2.05) is 4.90 Å². The van der Waals surface area contributed by atoms with Crippen LogP contribution < -0.4 is 11.1 Å². The summed E-state index contributed by atoms with van der Waals surface area (Å²) < 4.78 is 0. The molecule has 4 N–H and O–H groups in total. The highest BCUT2D eigenvalue weighted by molar-refractivity contribution is 5.99. The second-order valence-electron chi connectivity index (χ2n) is 7.98. The zero-order chi connectivity index (χ0) is 17.4. The van der Waals surface area contributed by atoms with Crippen LogP contribution in [0.1, 0.15) is 65.8 Å². The molecule has 25 heavy (non-hydrogen) atoms. The Labute approximate surface area is 148 Å². The van der Waals surface area contributed by atoms with Crippen molar-refractivity contribution < 1.29 is 9.59 Å². The van der Waals surface area contributed by atoms with Crippen molar-refractivity contribution >= 4 is 11.8 Å². The molecule has 3 fully saturated rings. The molecule has 2 aliphatic carbocycles. The molecule has 2 atom stereocenters. The van der Waals surface area contributed by atoms with E-state index >= 15 is 0 Å². The molecule has 1 aromatic rings.